The largest absolute Gasteiger partial charge is 0.465 e. The fourth-order valence-corrected chi connectivity index (χ4v) is 4.75. The summed E-state index contributed by atoms with van der Waals surface area (Å²) in [7, 11) is 1.38. The third-order valence-corrected chi connectivity index (χ3v) is 6.01. The van der Waals surface area contributed by atoms with Crippen molar-refractivity contribution in [3.63, 3.8) is 0 Å². The van der Waals surface area contributed by atoms with Gasteiger partial charge in [-0.15, -0.1) is 11.3 Å². The van der Waals surface area contributed by atoms with Crippen molar-refractivity contribution in [2.75, 3.05) is 12.4 Å². The van der Waals surface area contributed by atoms with Gasteiger partial charge in [0.05, 0.1) is 12.7 Å². The van der Waals surface area contributed by atoms with Crippen LogP contribution >= 0.6 is 11.3 Å². The SMILES string of the molecule is COC(=O)c1c(NC(=O)c2ccc3ccccc3c2)sc2c1CCCC2. The maximum atomic E-state index is 12.8. The average Bonchev–Trinajstić information content (AvgIpc) is 3.04. The van der Waals surface area contributed by atoms with Crippen molar-refractivity contribution in [1.29, 1.82) is 0 Å². The van der Waals surface area contributed by atoms with Gasteiger partial charge in [-0.3, -0.25) is 4.79 Å². The zero-order chi connectivity index (χ0) is 18.1. The Kier molecular flexibility index (Phi) is 4.47. The summed E-state index contributed by atoms with van der Waals surface area (Å²) in [5, 5.41) is 5.64. The number of amides is 1. The second-order valence-electron chi connectivity index (χ2n) is 6.42. The molecule has 0 spiro atoms. The van der Waals surface area contributed by atoms with Gasteiger partial charge in [0, 0.05) is 10.4 Å². The number of nitrogens with one attached hydrogen (secondary N) is 1. The lowest BCUT2D eigenvalue weighted by atomic mass is 9.95. The molecule has 1 aromatic heterocycles. The van der Waals surface area contributed by atoms with Crippen molar-refractivity contribution in [3.05, 3.63) is 64.0 Å². The van der Waals surface area contributed by atoms with Crippen LogP contribution in [-0.4, -0.2) is 19.0 Å². The Morgan fingerprint density at radius 3 is 2.62 bits per heavy atom. The molecule has 1 heterocycles. The first-order chi connectivity index (χ1) is 12.7. The second-order valence-corrected chi connectivity index (χ2v) is 7.53. The molecule has 0 atom stereocenters. The van der Waals surface area contributed by atoms with Crippen molar-refractivity contribution in [3.8, 4) is 0 Å². The molecule has 0 aliphatic heterocycles. The summed E-state index contributed by atoms with van der Waals surface area (Å²) < 4.78 is 4.96. The van der Waals surface area contributed by atoms with Gasteiger partial charge in [0.15, 0.2) is 0 Å². The fourth-order valence-electron chi connectivity index (χ4n) is 3.48. The molecule has 0 unspecified atom stereocenters. The van der Waals surface area contributed by atoms with Gasteiger partial charge in [-0.1, -0.05) is 30.3 Å². The fraction of sp³-hybridized carbons (Fsp3) is 0.238. The lowest BCUT2D eigenvalue weighted by molar-refractivity contribution is 0.0601. The Hall–Kier alpha value is -2.66. The van der Waals surface area contributed by atoms with E-state index in [2.05, 4.69) is 5.32 Å². The van der Waals surface area contributed by atoms with E-state index in [1.54, 1.807) is 0 Å². The Morgan fingerprint density at radius 2 is 1.81 bits per heavy atom. The summed E-state index contributed by atoms with van der Waals surface area (Å²) in [5.41, 5.74) is 2.15. The zero-order valence-electron chi connectivity index (χ0n) is 14.5. The van der Waals surface area contributed by atoms with E-state index in [0.29, 0.717) is 16.1 Å². The Morgan fingerprint density at radius 1 is 1.04 bits per heavy atom. The molecule has 4 nitrogen and oxygen atoms in total. The lowest BCUT2D eigenvalue weighted by Gasteiger charge is -2.11. The number of rotatable bonds is 3. The number of fused-ring (bicyclic) bond motifs is 2. The van der Waals surface area contributed by atoms with Crippen LogP contribution in [-0.2, 0) is 17.6 Å². The van der Waals surface area contributed by atoms with Gasteiger partial charge < -0.3 is 10.1 Å². The Labute approximate surface area is 155 Å². The molecule has 0 saturated heterocycles. The van der Waals surface area contributed by atoms with Gasteiger partial charge in [-0.25, -0.2) is 4.79 Å². The number of ether oxygens (including phenoxy) is 1. The minimum atomic E-state index is -0.377. The van der Waals surface area contributed by atoms with Crippen LogP contribution in [0.4, 0.5) is 5.00 Å². The number of hydrogen-bond donors (Lipinski definition) is 1. The molecule has 0 fully saturated rings. The number of anilines is 1. The molecule has 3 aromatic rings. The van der Waals surface area contributed by atoms with E-state index in [1.807, 2.05) is 42.5 Å². The van der Waals surface area contributed by atoms with Crippen LogP contribution in [0.15, 0.2) is 42.5 Å². The van der Waals surface area contributed by atoms with Crippen LogP contribution in [0.25, 0.3) is 10.8 Å². The summed E-state index contributed by atoms with van der Waals surface area (Å²) in [5.74, 6) is -0.585. The number of methoxy groups -OCH3 is 1. The molecule has 0 radical (unpaired) electrons. The Bertz CT molecular complexity index is 1010. The molecule has 132 valence electrons. The van der Waals surface area contributed by atoms with Crippen LogP contribution in [0.5, 0.6) is 0 Å². The number of esters is 1. The van der Waals surface area contributed by atoms with E-state index < -0.39 is 0 Å². The van der Waals surface area contributed by atoms with E-state index in [4.69, 9.17) is 4.74 Å². The van der Waals surface area contributed by atoms with Gasteiger partial charge in [0.2, 0.25) is 0 Å². The van der Waals surface area contributed by atoms with Crippen LogP contribution < -0.4 is 5.32 Å². The van der Waals surface area contributed by atoms with Crippen LogP contribution in [0.3, 0.4) is 0 Å². The number of carbonyl (C=O) groups excluding carboxylic acids is 2. The maximum absolute atomic E-state index is 12.8. The molecule has 0 bridgehead atoms. The predicted octanol–water partition coefficient (Wildman–Crippen LogP) is 4.82. The molecule has 1 aliphatic rings. The molecule has 1 amide bonds. The smallest absolute Gasteiger partial charge is 0.341 e. The summed E-state index contributed by atoms with van der Waals surface area (Å²) in [6, 6.07) is 13.5. The minimum Gasteiger partial charge on any atom is -0.465 e. The monoisotopic (exact) mass is 365 g/mol. The number of carbonyl (C=O) groups is 2. The first-order valence-electron chi connectivity index (χ1n) is 8.70. The molecule has 1 aliphatic carbocycles. The Balaban J connectivity index is 1.68. The van der Waals surface area contributed by atoms with E-state index in [9.17, 15) is 9.59 Å². The molecule has 4 rings (SSSR count). The standard InChI is InChI=1S/C21H19NO3S/c1-25-21(24)18-16-8-4-5-9-17(16)26-20(18)22-19(23)15-11-10-13-6-2-3-7-14(13)12-15/h2-3,6-7,10-12H,4-5,8-9H2,1H3,(H,22,23). The molecule has 26 heavy (non-hydrogen) atoms. The van der Waals surface area contributed by atoms with Crippen molar-refractivity contribution < 1.29 is 14.3 Å². The third kappa shape index (κ3) is 2.99. The molecular formula is C21H19NO3S. The predicted molar refractivity (Wildman–Crippen MR) is 104 cm³/mol. The van der Waals surface area contributed by atoms with E-state index in [1.165, 1.54) is 23.3 Å². The van der Waals surface area contributed by atoms with Crippen molar-refractivity contribution in [2.45, 2.75) is 25.7 Å². The molecule has 5 heteroatoms. The molecule has 0 saturated carbocycles. The highest BCUT2D eigenvalue weighted by molar-refractivity contribution is 7.17. The van der Waals surface area contributed by atoms with Gasteiger partial charge >= 0.3 is 5.97 Å². The maximum Gasteiger partial charge on any atom is 0.341 e. The van der Waals surface area contributed by atoms with Crippen LogP contribution in [0.1, 0.15) is 44.0 Å². The van der Waals surface area contributed by atoms with Crippen LogP contribution in [0.2, 0.25) is 0 Å². The zero-order valence-corrected chi connectivity index (χ0v) is 15.3. The summed E-state index contributed by atoms with van der Waals surface area (Å²) >= 11 is 1.50. The number of thiophene rings is 1. The van der Waals surface area contributed by atoms with Gasteiger partial charge in [0.1, 0.15) is 5.00 Å². The summed E-state index contributed by atoms with van der Waals surface area (Å²) in [6.07, 6.45) is 4.00. The first-order valence-corrected chi connectivity index (χ1v) is 9.52. The van der Waals surface area contributed by atoms with E-state index in [0.717, 1.165) is 42.0 Å². The number of benzene rings is 2. The van der Waals surface area contributed by atoms with Gasteiger partial charge in [0.25, 0.3) is 5.91 Å². The lowest BCUT2D eigenvalue weighted by Crippen LogP contribution is -2.15. The summed E-state index contributed by atoms with van der Waals surface area (Å²) in [6.45, 7) is 0. The first kappa shape index (κ1) is 16.8. The van der Waals surface area contributed by atoms with E-state index >= 15 is 0 Å². The van der Waals surface area contributed by atoms with Crippen molar-refractivity contribution in [1.82, 2.24) is 0 Å². The highest BCUT2D eigenvalue weighted by Gasteiger charge is 2.27. The van der Waals surface area contributed by atoms with E-state index in [-0.39, 0.29) is 11.9 Å². The highest BCUT2D eigenvalue weighted by Crippen LogP contribution is 2.38. The van der Waals surface area contributed by atoms with Crippen LogP contribution in [0, 0.1) is 0 Å². The average molecular weight is 365 g/mol. The minimum absolute atomic E-state index is 0.209. The molecular weight excluding hydrogens is 346 g/mol. The van der Waals surface area contributed by atoms with Crippen molar-refractivity contribution >= 4 is 39.0 Å². The molecule has 1 N–H and O–H groups in total. The molecule has 2 aromatic carbocycles. The normalized spacial score (nSPS) is 13.3. The number of aryl methyl sites for hydroxylation is 1. The second kappa shape index (κ2) is 6.92. The topological polar surface area (TPSA) is 55.4 Å². The third-order valence-electron chi connectivity index (χ3n) is 4.80. The van der Waals surface area contributed by atoms with Gasteiger partial charge in [-0.05, 0) is 54.2 Å². The van der Waals surface area contributed by atoms with Crippen molar-refractivity contribution in [2.24, 2.45) is 0 Å². The summed E-state index contributed by atoms with van der Waals surface area (Å²) in [4.78, 5) is 26.3. The highest BCUT2D eigenvalue weighted by atomic mass is 32.1. The number of hydrogen-bond acceptors (Lipinski definition) is 4. The van der Waals surface area contributed by atoms with Gasteiger partial charge in [-0.2, -0.15) is 0 Å². The quantitative estimate of drug-likeness (QED) is 0.677.